The summed E-state index contributed by atoms with van der Waals surface area (Å²) >= 11 is 0. The van der Waals surface area contributed by atoms with Crippen LogP contribution in [0.15, 0.2) is 30.5 Å². The Morgan fingerprint density at radius 1 is 1.28 bits per heavy atom. The van der Waals surface area contributed by atoms with Gasteiger partial charge < -0.3 is 20.5 Å². The molecular weight excluding hydrogens is 427 g/mol. The van der Waals surface area contributed by atoms with Crippen molar-refractivity contribution in [3.05, 3.63) is 53.1 Å². The van der Waals surface area contributed by atoms with Crippen molar-refractivity contribution in [3.8, 4) is 5.75 Å². The maximum absolute atomic E-state index is 14.8. The molecule has 3 N–H and O–H groups in total. The molecule has 1 fully saturated rings. The maximum Gasteiger partial charge on any atom is 0.267 e. The molecule has 172 valence electrons. The minimum Gasteiger partial charge on any atom is -0.493 e. The number of nitrogens with zero attached hydrogens (tertiary/aromatic N) is 1. The predicted octanol–water partition coefficient (Wildman–Crippen LogP) is 3.80. The van der Waals surface area contributed by atoms with Crippen molar-refractivity contribution >= 4 is 17.5 Å². The van der Waals surface area contributed by atoms with Crippen LogP contribution in [0.3, 0.4) is 0 Å². The fourth-order valence-corrected chi connectivity index (χ4v) is 3.93. The first kappa shape index (κ1) is 23.5. The second kappa shape index (κ2) is 8.78. The van der Waals surface area contributed by atoms with Crippen LogP contribution in [0.4, 0.5) is 18.9 Å². The van der Waals surface area contributed by atoms with Crippen molar-refractivity contribution in [1.29, 1.82) is 0 Å². The average molecular weight is 451 g/mol. The highest BCUT2D eigenvalue weighted by atomic mass is 19.3. The minimum absolute atomic E-state index is 0.0354. The predicted molar refractivity (Wildman–Crippen MR) is 110 cm³/mol. The highest BCUT2D eigenvalue weighted by Crippen LogP contribution is 2.49. The normalized spacial score (nSPS) is 22.1. The molecule has 0 aliphatic carbocycles. The van der Waals surface area contributed by atoms with Gasteiger partial charge in [-0.25, -0.2) is 13.2 Å². The van der Waals surface area contributed by atoms with Crippen LogP contribution in [0.1, 0.15) is 54.7 Å². The van der Waals surface area contributed by atoms with Gasteiger partial charge in [0.2, 0.25) is 0 Å². The van der Waals surface area contributed by atoms with E-state index in [0.717, 1.165) is 6.07 Å². The van der Waals surface area contributed by atoms with Crippen LogP contribution < -0.4 is 15.8 Å². The molecule has 0 spiro atoms. The molecule has 0 radical (unpaired) electrons. The quantitative estimate of drug-likeness (QED) is 0.695. The van der Waals surface area contributed by atoms with Crippen LogP contribution >= 0.6 is 0 Å². The lowest BCUT2D eigenvalue weighted by Crippen LogP contribution is -2.33. The van der Waals surface area contributed by atoms with Crippen LogP contribution in [0.2, 0.25) is 0 Å². The zero-order valence-electron chi connectivity index (χ0n) is 18.0. The van der Waals surface area contributed by atoms with E-state index in [0.29, 0.717) is 0 Å². The summed E-state index contributed by atoms with van der Waals surface area (Å²) < 4.78 is 52.2. The summed E-state index contributed by atoms with van der Waals surface area (Å²) in [6, 6.07) is 5.12. The Balaban J connectivity index is 2.01. The number of pyridine rings is 1. The summed E-state index contributed by atoms with van der Waals surface area (Å²) in [6.07, 6.45) is -2.79. The molecule has 3 rings (SSSR count). The average Bonchev–Trinajstić information content (AvgIpc) is 2.97. The number of primary amides is 1. The van der Waals surface area contributed by atoms with Gasteiger partial charge in [0.1, 0.15) is 11.8 Å². The summed E-state index contributed by atoms with van der Waals surface area (Å²) in [5.41, 5.74) is 4.14. The van der Waals surface area contributed by atoms with E-state index in [-0.39, 0.29) is 28.6 Å². The number of nitrogens with one attached hydrogen (secondary N) is 1. The molecule has 10 heteroatoms. The van der Waals surface area contributed by atoms with Crippen molar-refractivity contribution in [1.82, 2.24) is 4.98 Å². The molecule has 3 atom stereocenters. The molecule has 2 aromatic rings. The molecule has 0 saturated carbocycles. The van der Waals surface area contributed by atoms with E-state index in [1.165, 1.54) is 31.5 Å². The van der Waals surface area contributed by atoms with E-state index in [1.54, 1.807) is 13.8 Å². The zero-order valence-corrected chi connectivity index (χ0v) is 18.0. The van der Waals surface area contributed by atoms with Crippen molar-refractivity contribution in [3.63, 3.8) is 0 Å². The number of nitrogens with two attached hydrogens (primary N) is 1. The van der Waals surface area contributed by atoms with Gasteiger partial charge in [-0.3, -0.25) is 14.6 Å². The van der Waals surface area contributed by atoms with Crippen LogP contribution in [0.25, 0.3) is 0 Å². The number of alkyl halides is 2. The van der Waals surface area contributed by atoms with E-state index >= 15 is 0 Å². The monoisotopic (exact) mass is 451 g/mol. The molecule has 32 heavy (non-hydrogen) atoms. The first-order valence-corrected chi connectivity index (χ1v) is 9.87. The van der Waals surface area contributed by atoms with E-state index in [4.69, 9.17) is 15.2 Å². The molecule has 1 aromatic heterocycles. The second-order valence-electron chi connectivity index (χ2n) is 8.13. The minimum atomic E-state index is -3.02. The highest BCUT2D eigenvalue weighted by Gasteiger charge is 2.51. The lowest BCUT2D eigenvalue weighted by Gasteiger charge is -2.26. The van der Waals surface area contributed by atoms with Crippen LogP contribution in [0.5, 0.6) is 5.75 Å². The molecule has 1 aliphatic rings. The molecule has 2 heterocycles. The summed E-state index contributed by atoms with van der Waals surface area (Å²) in [5, 5.41) is 2.65. The van der Waals surface area contributed by atoms with Gasteiger partial charge in [-0.1, -0.05) is 13.0 Å². The van der Waals surface area contributed by atoms with Gasteiger partial charge >= 0.3 is 0 Å². The Labute approximate surface area is 183 Å². The largest absolute Gasteiger partial charge is 0.493 e. The van der Waals surface area contributed by atoms with Gasteiger partial charge in [0.05, 0.1) is 18.3 Å². The molecular formula is C22H24F3N3O4. The third kappa shape index (κ3) is 4.27. The van der Waals surface area contributed by atoms with Gasteiger partial charge in [0.25, 0.3) is 18.2 Å². The third-order valence-corrected chi connectivity index (χ3v) is 5.89. The van der Waals surface area contributed by atoms with Crippen molar-refractivity contribution < 1.29 is 32.2 Å². The highest BCUT2D eigenvalue weighted by molar-refractivity contribution is 5.97. The number of methoxy groups -OCH3 is 1. The molecule has 2 amide bonds. The molecule has 1 saturated heterocycles. The van der Waals surface area contributed by atoms with E-state index in [9.17, 15) is 22.8 Å². The van der Waals surface area contributed by atoms with E-state index in [1.807, 2.05) is 6.92 Å². The van der Waals surface area contributed by atoms with Gasteiger partial charge in [-0.05, 0) is 38.0 Å². The first-order valence-electron chi connectivity index (χ1n) is 9.87. The molecule has 1 aliphatic heterocycles. The fraction of sp³-hybridized carbons (Fsp3) is 0.409. The van der Waals surface area contributed by atoms with E-state index < -0.39 is 47.2 Å². The number of benzene rings is 1. The topological polar surface area (TPSA) is 104 Å². The number of hydrogen-bond acceptors (Lipinski definition) is 5. The SMILES string of the molecule is COc1c([C@@H]2[C@@H](C(=O)Nc3ccnc(C(N)=O)c3)OC(C)(C)[C@@H]2C)ccc(C(F)F)c1F. The number of halogens is 3. The number of aromatic nitrogens is 1. The Hall–Kier alpha value is -3.14. The standard InChI is InChI=1S/C22H24F3N3O4/c1-10-15(12-5-6-13(19(24)25)16(23)17(12)31-4)18(32-22(10,2)3)21(30)28-11-7-8-27-14(9-11)20(26)29/h5-10,15,18-19H,1-4H3,(H2,26,29)(H,27,28,30)/t10-,15-,18+/m1/s1. The Kier molecular flexibility index (Phi) is 6.45. The summed E-state index contributed by atoms with van der Waals surface area (Å²) in [6.45, 7) is 5.39. The fourth-order valence-electron chi connectivity index (χ4n) is 3.93. The molecule has 1 aromatic carbocycles. The van der Waals surface area contributed by atoms with Gasteiger partial charge in [-0.15, -0.1) is 0 Å². The lowest BCUT2D eigenvalue weighted by molar-refractivity contribution is -0.131. The Morgan fingerprint density at radius 3 is 2.56 bits per heavy atom. The zero-order chi connectivity index (χ0) is 23.8. The van der Waals surface area contributed by atoms with Crippen molar-refractivity contribution in [2.75, 3.05) is 12.4 Å². The first-order chi connectivity index (χ1) is 15.0. The van der Waals surface area contributed by atoms with Gasteiger partial charge in [0.15, 0.2) is 11.6 Å². The van der Waals surface area contributed by atoms with Crippen molar-refractivity contribution in [2.45, 2.75) is 44.8 Å². The molecule has 0 bridgehead atoms. The number of rotatable bonds is 6. The summed E-state index contributed by atoms with van der Waals surface area (Å²) in [7, 11) is 1.18. The Morgan fingerprint density at radius 2 is 1.97 bits per heavy atom. The number of carbonyl (C=O) groups is 2. The summed E-state index contributed by atoms with van der Waals surface area (Å²) in [5.74, 6) is -3.84. The lowest BCUT2D eigenvalue weighted by atomic mass is 9.77. The van der Waals surface area contributed by atoms with Crippen LogP contribution in [-0.2, 0) is 9.53 Å². The van der Waals surface area contributed by atoms with Crippen LogP contribution in [0, 0.1) is 11.7 Å². The van der Waals surface area contributed by atoms with Gasteiger partial charge in [0, 0.05) is 23.4 Å². The Bertz CT molecular complexity index is 1050. The van der Waals surface area contributed by atoms with E-state index in [2.05, 4.69) is 10.3 Å². The maximum atomic E-state index is 14.8. The third-order valence-electron chi connectivity index (χ3n) is 5.89. The number of amides is 2. The molecule has 0 unspecified atom stereocenters. The second-order valence-corrected chi connectivity index (χ2v) is 8.13. The van der Waals surface area contributed by atoms with Crippen LogP contribution in [-0.4, -0.2) is 35.6 Å². The number of hydrogen-bond donors (Lipinski definition) is 2. The number of anilines is 1. The van der Waals surface area contributed by atoms with Gasteiger partial charge in [-0.2, -0.15) is 0 Å². The molecule has 7 nitrogen and oxygen atoms in total. The summed E-state index contributed by atoms with van der Waals surface area (Å²) in [4.78, 5) is 28.3. The smallest absolute Gasteiger partial charge is 0.267 e. The number of ether oxygens (including phenoxy) is 2. The van der Waals surface area contributed by atoms with Crippen molar-refractivity contribution in [2.24, 2.45) is 11.7 Å². The number of carbonyl (C=O) groups excluding carboxylic acids is 2.